The number of amides is 1. The molecule has 5 heteroatoms. The standard InChI is InChI=1S/C9H12BrN3O/c10-9-1-4-11-13(9)8-2-5-12(7-14)6-3-8/h1,4,7-8H,2-3,5-6H2. The molecule has 0 N–H and O–H groups in total. The lowest BCUT2D eigenvalue weighted by Gasteiger charge is -2.29. The molecule has 0 aliphatic carbocycles. The van der Waals surface area contributed by atoms with Crippen molar-refractivity contribution in [2.45, 2.75) is 18.9 Å². The molecule has 0 radical (unpaired) electrons. The minimum Gasteiger partial charge on any atom is -0.345 e. The van der Waals surface area contributed by atoms with Gasteiger partial charge in [-0.15, -0.1) is 0 Å². The zero-order chi connectivity index (χ0) is 9.97. The Hall–Kier alpha value is -0.840. The van der Waals surface area contributed by atoms with Crippen LogP contribution in [0.25, 0.3) is 0 Å². The van der Waals surface area contributed by atoms with E-state index in [0.717, 1.165) is 36.9 Å². The van der Waals surface area contributed by atoms with Crippen molar-refractivity contribution in [1.29, 1.82) is 0 Å². The molecule has 1 aliphatic heterocycles. The highest BCUT2D eigenvalue weighted by Crippen LogP contribution is 2.24. The monoisotopic (exact) mass is 257 g/mol. The summed E-state index contributed by atoms with van der Waals surface area (Å²) < 4.78 is 3.00. The van der Waals surface area contributed by atoms with E-state index in [1.54, 1.807) is 6.20 Å². The molecule has 4 nitrogen and oxygen atoms in total. The van der Waals surface area contributed by atoms with Crippen LogP contribution in [0.1, 0.15) is 18.9 Å². The number of rotatable bonds is 2. The number of nitrogens with zero attached hydrogens (tertiary/aromatic N) is 3. The predicted molar refractivity (Wildman–Crippen MR) is 55.8 cm³/mol. The second kappa shape index (κ2) is 4.13. The lowest BCUT2D eigenvalue weighted by atomic mass is 10.1. The number of piperidine rings is 1. The number of aromatic nitrogens is 2. The van der Waals surface area contributed by atoms with Gasteiger partial charge in [-0.3, -0.25) is 9.48 Å². The van der Waals surface area contributed by atoms with Gasteiger partial charge in [0.15, 0.2) is 0 Å². The second-order valence-corrected chi connectivity index (χ2v) is 4.28. The molecule has 0 bridgehead atoms. The lowest BCUT2D eigenvalue weighted by Crippen LogP contribution is -2.33. The fraction of sp³-hybridized carbons (Fsp3) is 0.556. The number of likely N-dealkylation sites (tertiary alicyclic amines) is 1. The first-order valence-corrected chi connectivity index (χ1v) is 5.49. The van der Waals surface area contributed by atoms with Gasteiger partial charge >= 0.3 is 0 Å². The third-order valence-electron chi connectivity index (χ3n) is 2.62. The van der Waals surface area contributed by atoms with Crippen molar-refractivity contribution in [3.8, 4) is 0 Å². The third kappa shape index (κ3) is 1.82. The molecule has 1 fully saturated rings. The highest BCUT2D eigenvalue weighted by atomic mass is 79.9. The topological polar surface area (TPSA) is 38.1 Å². The molecule has 1 aromatic heterocycles. The maximum absolute atomic E-state index is 10.5. The number of hydrogen-bond donors (Lipinski definition) is 0. The maximum atomic E-state index is 10.5. The highest BCUT2D eigenvalue weighted by molar-refractivity contribution is 9.10. The Labute approximate surface area is 91.0 Å². The summed E-state index contributed by atoms with van der Waals surface area (Å²) in [5.74, 6) is 0. The van der Waals surface area contributed by atoms with E-state index in [9.17, 15) is 4.79 Å². The van der Waals surface area contributed by atoms with E-state index in [1.807, 2.05) is 15.6 Å². The van der Waals surface area contributed by atoms with Gasteiger partial charge in [0.25, 0.3) is 0 Å². The molecule has 0 atom stereocenters. The van der Waals surface area contributed by atoms with Crippen LogP contribution in [-0.4, -0.2) is 34.2 Å². The minimum absolute atomic E-state index is 0.426. The largest absolute Gasteiger partial charge is 0.345 e. The summed E-state index contributed by atoms with van der Waals surface area (Å²) in [4.78, 5) is 12.3. The van der Waals surface area contributed by atoms with Crippen molar-refractivity contribution < 1.29 is 4.79 Å². The molecule has 1 aromatic rings. The van der Waals surface area contributed by atoms with Crippen LogP contribution < -0.4 is 0 Å². The van der Waals surface area contributed by atoms with Crippen LogP contribution in [0.4, 0.5) is 0 Å². The molecule has 76 valence electrons. The maximum Gasteiger partial charge on any atom is 0.209 e. The van der Waals surface area contributed by atoms with E-state index in [2.05, 4.69) is 21.0 Å². The number of carbonyl (C=O) groups excluding carboxylic acids is 1. The average Bonchev–Trinajstić information content (AvgIpc) is 2.65. The molecular formula is C9H12BrN3O. The Bertz CT molecular complexity index is 318. The van der Waals surface area contributed by atoms with Gasteiger partial charge in [0.2, 0.25) is 6.41 Å². The van der Waals surface area contributed by atoms with Crippen molar-refractivity contribution in [3.63, 3.8) is 0 Å². The van der Waals surface area contributed by atoms with Gasteiger partial charge in [0.1, 0.15) is 4.60 Å². The van der Waals surface area contributed by atoms with Crippen LogP contribution in [0.3, 0.4) is 0 Å². The fourth-order valence-corrected chi connectivity index (χ4v) is 2.30. The smallest absolute Gasteiger partial charge is 0.209 e. The van der Waals surface area contributed by atoms with Crippen LogP contribution in [-0.2, 0) is 4.79 Å². The first-order valence-electron chi connectivity index (χ1n) is 4.69. The summed E-state index contributed by atoms with van der Waals surface area (Å²) >= 11 is 3.45. The summed E-state index contributed by atoms with van der Waals surface area (Å²) in [6.07, 6.45) is 4.68. The lowest BCUT2D eigenvalue weighted by molar-refractivity contribution is -0.119. The summed E-state index contributed by atoms with van der Waals surface area (Å²) in [6.45, 7) is 1.67. The Morgan fingerprint density at radius 1 is 1.50 bits per heavy atom. The summed E-state index contributed by atoms with van der Waals surface area (Å²) in [5.41, 5.74) is 0. The minimum atomic E-state index is 0.426. The van der Waals surface area contributed by atoms with Crippen LogP contribution in [0.5, 0.6) is 0 Å². The Kier molecular flexibility index (Phi) is 2.86. The third-order valence-corrected chi connectivity index (χ3v) is 3.24. The van der Waals surface area contributed by atoms with E-state index in [-0.39, 0.29) is 0 Å². The van der Waals surface area contributed by atoms with Crippen molar-refractivity contribution in [3.05, 3.63) is 16.9 Å². The van der Waals surface area contributed by atoms with Gasteiger partial charge in [-0.2, -0.15) is 5.10 Å². The van der Waals surface area contributed by atoms with Gasteiger partial charge < -0.3 is 4.90 Å². The molecule has 14 heavy (non-hydrogen) atoms. The predicted octanol–water partition coefficient (Wildman–Crippen LogP) is 1.44. The Balaban J connectivity index is 2.02. The van der Waals surface area contributed by atoms with Gasteiger partial charge in [0, 0.05) is 13.1 Å². The molecule has 0 saturated carbocycles. The molecule has 1 aliphatic rings. The molecular weight excluding hydrogens is 246 g/mol. The number of halogens is 1. The van der Waals surface area contributed by atoms with Gasteiger partial charge in [-0.25, -0.2) is 0 Å². The Morgan fingerprint density at radius 3 is 2.71 bits per heavy atom. The van der Waals surface area contributed by atoms with Crippen molar-refractivity contribution in [2.75, 3.05) is 13.1 Å². The highest BCUT2D eigenvalue weighted by Gasteiger charge is 2.20. The van der Waals surface area contributed by atoms with E-state index in [0.29, 0.717) is 6.04 Å². The van der Waals surface area contributed by atoms with E-state index < -0.39 is 0 Å². The molecule has 0 spiro atoms. The van der Waals surface area contributed by atoms with Crippen LogP contribution in [0, 0.1) is 0 Å². The molecule has 2 heterocycles. The van der Waals surface area contributed by atoms with Gasteiger partial charge in [-0.05, 0) is 34.8 Å². The van der Waals surface area contributed by atoms with E-state index in [1.165, 1.54) is 0 Å². The van der Waals surface area contributed by atoms with Crippen LogP contribution in [0.15, 0.2) is 16.9 Å². The van der Waals surface area contributed by atoms with Crippen molar-refractivity contribution in [2.24, 2.45) is 0 Å². The molecule has 1 amide bonds. The van der Waals surface area contributed by atoms with E-state index in [4.69, 9.17) is 0 Å². The summed E-state index contributed by atoms with van der Waals surface area (Å²) in [5, 5.41) is 4.25. The molecule has 1 saturated heterocycles. The number of hydrogen-bond acceptors (Lipinski definition) is 2. The van der Waals surface area contributed by atoms with Gasteiger partial charge in [-0.1, -0.05) is 0 Å². The number of carbonyl (C=O) groups is 1. The molecule has 0 unspecified atom stereocenters. The van der Waals surface area contributed by atoms with Crippen molar-refractivity contribution >= 4 is 22.3 Å². The second-order valence-electron chi connectivity index (χ2n) is 3.47. The molecule has 0 aromatic carbocycles. The first-order chi connectivity index (χ1) is 6.81. The fourth-order valence-electron chi connectivity index (χ4n) is 1.80. The zero-order valence-electron chi connectivity index (χ0n) is 7.77. The normalized spacial score (nSPS) is 18.5. The first kappa shape index (κ1) is 9.71. The Morgan fingerprint density at radius 2 is 2.21 bits per heavy atom. The quantitative estimate of drug-likeness (QED) is 0.753. The summed E-state index contributed by atoms with van der Waals surface area (Å²) in [7, 11) is 0. The summed E-state index contributed by atoms with van der Waals surface area (Å²) in [6, 6.07) is 2.36. The van der Waals surface area contributed by atoms with Gasteiger partial charge in [0.05, 0.1) is 12.2 Å². The van der Waals surface area contributed by atoms with Crippen molar-refractivity contribution in [1.82, 2.24) is 14.7 Å². The average molecular weight is 258 g/mol. The molecule has 2 rings (SSSR count). The van der Waals surface area contributed by atoms with Crippen LogP contribution >= 0.6 is 15.9 Å². The van der Waals surface area contributed by atoms with Crippen LogP contribution in [0.2, 0.25) is 0 Å². The SMILES string of the molecule is O=CN1CCC(n2nccc2Br)CC1. The van der Waals surface area contributed by atoms with E-state index >= 15 is 0 Å². The zero-order valence-corrected chi connectivity index (χ0v) is 9.35.